The Kier molecular flexibility index (Phi) is 2.72. The van der Waals surface area contributed by atoms with Crippen LogP contribution >= 0.6 is 11.8 Å². The summed E-state index contributed by atoms with van der Waals surface area (Å²) in [5.74, 6) is 1.01. The van der Waals surface area contributed by atoms with Gasteiger partial charge in [-0.05, 0) is 18.4 Å². The zero-order chi connectivity index (χ0) is 12.7. The summed E-state index contributed by atoms with van der Waals surface area (Å²) in [7, 11) is 0. The van der Waals surface area contributed by atoms with E-state index in [1.807, 2.05) is 17.8 Å². The van der Waals surface area contributed by atoms with Gasteiger partial charge in [-0.3, -0.25) is 0 Å². The van der Waals surface area contributed by atoms with E-state index in [2.05, 4.69) is 44.6 Å². The normalized spacial score (nSPS) is 24.6. The van der Waals surface area contributed by atoms with Crippen molar-refractivity contribution in [2.75, 3.05) is 5.43 Å². The van der Waals surface area contributed by atoms with Gasteiger partial charge in [-0.15, -0.1) is 10.2 Å². The number of hydrogen-bond donors (Lipinski definition) is 1. The van der Waals surface area contributed by atoms with Gasteiger partial charge in [-0.2, -0.15) is 0 Å². The van der Waals surface area contributed by atoms with Crippen molar-refractivity contribution in [3.8, 4) is 0 Å². The van der Waals surface area contributed by atoms with E-state index in [0.29, 0.717) is 11.3 Å². The Morgan fingerprint density at radius 1 is 1.21 bits per heavy atom. The van der Waals surface area contributed by atoms with Crippen molar-refractivity contribution in [3.05, 3.63) is 41.7 Å². The Hall–Kier alpha value is -1.49. The Balaban J connectivity index is 1.62. The number of benzene rings is 1. The molecule has 0 saturated heterocycles. The first-order valence-electron chi connectivity index (χ1n) is 6.81. The van der Waals surface area contributed by atoms with Crippen LogP contribution in [0, 0.1) is 0 Å². The number of fused-ring (bicyclic) bond motifs is 2. The summed E-state index contributed by atoms with van der Waals surface area (Å²) in [5.41, 5.74) is 4.87. The van der Waals surface area contributed by atoms with Crippen molar-refractivity contribution in [1.29, 1.82) is 0 Å². The first-order valence-corrected chi connectivity index (χ1v) is 7.69. The van der Waals surface area contributed by atoms with Gasteiger partial charge in [0.05, 0.1) is 6.04 Å². The lowest BCUT2D eigenvalue weighted by Crippen LogP contribution is -2.38. The van der Waals surface area contributed by atoms with Crippen LogP contribution in [0.2, 0.25) is 0 Å². The lowest BCUT2D eigenvalue weighted by Gasteiger charge is -2.28. The number of rotatable bonds is 2. The molecule has 98 valence electrons. The van der Waals surface area contributed by atoms with Gasteiger partial charge >= 0.3 is 0 Å². The van der Waals surface area contributed by atoms with Crippen LogP contribution < -0.4 is 5.43 Å². The standard InChI is InChI=1S/C14H16N4S/c1-2-5-10(6-3-1)9-13-15-16-14-18(13)17-11-7-4-8-12(11)19-14/h1-3,5-6,11-12,17H,4,7-9H2. The molecule has 2 unspecified atom stereocenters. The predicted octanol–water partition coefficient (Wildman–Crippen LogP) is 2.44. The highest BCUT2D eigenvalue weighted by Crippen LogP contribution is 2.38. The van der Waals surface area contributed by atoms with Crippen molar-refractivity contribution in [2.24, 2.45) is 0 Å². The van der Waals surface area contributed by atoms with E-state index >= 15 is 0 Å². The SMILES string of the molecule is c1ccc(Cc2nnc3n2NC2CCCC2S3)cc1. The van der Waals surface area contributed by atoms with E-state index in [0.717, 1.165) is 17.4 Å². The predicted molar refractivity (Wildman–Crippen MR) is 75.9 cm³/mol. The average Bonchev–Trinajstić information content (AvgIpc) is 3.05. The maximum atomic E-state index is 4.35. The second-order valence-corrected chi connectivity index (χ2v) is 6.43. The van der Waals surface area contributed by atoms with E-state index in [-0.39, 0.29) is 0 Å². The zero-order valence-electron chi connectivity index (χ0n) is 10.6. The summed E-state index contributed by atoms with van der Waals surface area (Å²) in [5, 5.41) is 10.4. The van der Waals surface area contributed by atoms with Crippen LogP contribution in [0.4, 0.5) is 0 Å². The molecule has 5 heteroatoms. The maximum Gasteiger partial charge on any atom is 0.210 e. The molecule has 0 amide bonds. The smallest absolute Gasteiger partial charge is 0.210 e. The maximum absolute atomic E-state index is 4.35. The van der Waals surface area contributed by atoms with E-state index in [4.69, 9.17) is 0 Å². The molecule has 1 aliphatic heterocycles. The number of hydrogen-bond acceptors (Lipinski definition) is 4. The molecule has 19 heavy (non-hydrogen) atoms. The lowest BCUT2D eigenvalue weighted by molar-refractivity contribution is 0.594. The summed E-state index contributed by atoms with van der Waals surface area (Å²) in [6, 6.07) is 11.0. The Labute approximate surface area is 116 Å². The van der Waals surface area contributed by atoms with Crippen LogP contribution in [0.15, 0.2) is 35.5 Å². The summed E-state index contributed by atoms with van der Waals surface area (Å²) in [6.45, 7) is 0. The van der Waals surface area contributed by atoms with Gasteiger partial charge in [0.25, 0.3) is 0 Å². The highest BCUT2D eigenvalue weighted by atomic mass is 32.2. The molecule has 1 N–H and O–H groups in total. The van der Waals surface area contributed by atoms with Gasteiger partial charge in [0.1, 0.15) is 0 Å². The molecule has 2 heterocycles. The van der Waals surface area contributed by atoms with Gasteiger partial charge in [0.15, 0.2) is 5.82 Å². The molecule has 4 rings (SSSR count). The molecule has 4 nitrogen and oxygen atoms in total. The van der Waals surface area contributed by atoms with E-state index < -0.39 is 0 Å². The fraction of sp³-hybridized carbons (Fsp3) is 0.429. The number of nitrogens with zero attached hydrogens (tertiary/aromatic N) is 3. The molecular formula is C14H16N4S. The van der Waals surface area contributed by atoms with Crippen molar-refractivity contribution < 1.29 is 0 Å². The molecule has 0 spiro atoms. The van der Waals surface area contributed by atoms with Crippen LogP contribution in [0.1, 0.15) is 30.7 Å². The molecule has 1 fully saturated rings. The summed E-state index contributed by atoms with van der Waals surface area (Å²) < 4.78 is 2.10. The molecule has 2 aromatic rings. The topological polar surface area (TPSA) is 42.7 Å². The zero-order valence-corrected chi connectivity index (χ0v) is 11.4. The molecule has 1 aromatic carbocycles. The minimum Gasteiger partial charge on any atom is -0.318 e. The second-order valence-electron chi connectivity index (χ2n) is 5.22. The Bertz CT molecular complexity index is 580. The van der Waals surface area contributed by atoms with Gasteiger partial charge in [-0.25, -0.2) is 4.68 Å². The molecule has 1 saturated carbocycles. The fourth-order valence-electron chi connectivity index (χ4n) is 2.92. The molecule has 1 aromatic heterocycles. The van der Waals surface area contributed by atoms with Gasteiger partial charge in [0, 0.05) is 11.7 Å². The summed E-state index contributed by atoms with van der Waals surface area (Å²) in [6.07, 6.45) is 4.71. The Morgan fingerprint density at radius 3 is 3.00 bits per heavy atom. The van der Waals surface area contributed by atoms with Crippen molar-refractivity contribution in [1.82, 2.24) is 14.9 Å². The fourth-order valence-corrected chi connectivity index (χ4v) is 4.18. The molecule has 2 atom stereocenters. The first-order chi connectivity index (χ1) is 9.40. The number of thioether (sulfide) groups is 1. The van der Waals surface area contributed by atoms with Crippen LogP contribution in [-0.2, 0) is 6.42 Å². The number of aromatic nitrogens is 3. The van der Waals surface area contributed by atoms with Crippen LogP contribution in [-0.4, -0.2) is 26.2 Å². The van der Waals surface area contributed by atoms with E-state index in [1.54, 1.807) is 0 Å². The highest BCUT2D eigenvalue weighted by Gasteiger charge is 2.35. The van der Waals surface area contributed by atoms with Gasteiger partial charge in [0.2, 0.25) is 5.16 Å². The van der Waals surface area contributed by atoms with E-state index in [9.17, 15) is 0 Å². The quantitative estimate of drug-likeness (QED) is 0.912. The second kappa shape index (κ2) is 4.56. The van der Waals surface area contributed by atoms with Crippen molar-refractivity contribution >= 4 is 11.8 Å². The van der Waals surface area contributed by atoms with Crippen LogP contribution in [0.5, 0.6) is 0 Å². The lowest BCUT2D eigenvalue weighted by atomic mass is 10.1. The third-order valence-electron chi connectivity index (χ3n) is 3.91. The largest absolute Gasteiger partial charge is 0.318 e. The van der Waals surface area contributed by atoms with Gasteiger partial charge < -0.3 is 5.43 Å². The third-order valence-corrected chi connectivity index (χ3v) is 5.25. The highest BCUT2D eigenvalue weighted by molar-refractivity contribution is 7.99. The summed E-state index contributed by atoms with van der Waals surface area (Å²) >= 11 is 1.89. The third kappa shape index (κ3) is 2.02. The van der Waals surface area contributed by atoms with Crippen LogP contribution in [0.3, 0.4) is 0 Å². The van der Waals surface area contributed by atoms with Crippen molar-refractivity contribution in [3.63, 3.8) is 0 Å². The van der Waals surface area contributed by atoms with E-state index in [1.165, 1.54) is 24.8 Å². The summed E-state index contributed by atoms with van der Waals surface area (Å²) in [4.78, 5) is 0. The minimum atomic E-state index is 0.586. The monoisotopic (exact) mass is 272 g/mol. The van der Waals surface area contributed by atoms with Gasteiger partial charge in [-0.1, -0.05) is 48.5 Å². The van der Waals surface area contributed by atoms with Crippen molar-refractivity contribution in [2.45, 2.75) is 42.1 Å². The number of nitrogens with one attached hydrogen (secondary N) is 1. The minimum absolute atomic E-state index is 0.586. The van der Waals surface area contributed by atoms with Crippen LogP contribution in [0.25, 0.3) is 0 Å². The molecule has 0 radical (unpaired) electrons. The first kappa shape index (κ1) is 11.3. The molecule has 2 aliphatic rings. The molecule has 0 bridgehead atoms. The molecule has 1 aliphatic carbocycles. The average molecular weight is 272 g/mol. The molecular weight excluding hydrogens is 256 g/mol. The Morgan fingerprint density at radius 2 is 2.11 bits per heavy atom.